The maximum Gasteiger partial charge on any atom is 0.352 e. The monoisotopic (exact) mass is 445 g/mol. The van der Waals surface area contributed by atoms with Crippen LogP contribution in [-0.4, -0.2) is 62.8 Å². The highest BCUT2D eigenvalue weighted by Gasteiger charge is 2.54. The third-order valence-corrected chi connectivity index (χ3v) is 5.87. The summed E-state index contributed by atoms with van der Waals surface area (Å²) < 4.78 is 0. The molecule has 0 aliphatic carbocycles. The van der Waals surface area contributed by atoms with E-state index in [1.54, 1.807) is 5.38 Å². The number of fused-ring (bicyclic) bond motifs is 1. The Kier molecular flexibility index (Phi) is 6.69. The van der Waals surface area contributed by atoms with Crippen LogP contribution in [0.25, 0.3) is 0 Å². The minimum Gasteiger partial charge on any atom is -0.477 e. The number of carbonyl (C=O) groups excluding carboxylic acids is 2. The molecular weight excluding hydrogens is 430 g/mol. The number of thiazole rings is 1. The number of carboxylic acids is 1. The number of halogens is 1. The number of nitrogens with two attached hydrogens (primary N) is 1. The number of amides is 2. The molecule has 4 N–H and O–H groups in total. The van der Waals surface area contributed by atoms with E-state index in [-0.39, 0.29) is 34.6 Å². The first-order valence-corrected chi connectivity index (χ1v) is 9.48. The predicted molar refractivity (Wildman–Crippen MR) is 107 cm³/mol. The molecule has 10 nitrogen and oxygen atoms in total. The molecule has 3 rings (SSSR count). The largest absolute Gasteiger partial charge is 0.477 e. The van der Waals surface area contributed by atoms with Gasteiger partial charge in [-0.05, 0) is 5.57 Å². The van der Waals surface area contributed by atoms with Crippen LogP contribution in [0.4, 0.5) is 5.13 Å². The lowest BCUT2D eigenvalue weighted by Crippen LogP contribution is -2.71. The van der Waals surface area contributed by atoms with Crippen LogP contribution in [0, 0.1) is 0 Å². The Morgan fingerprint density at radius 3 is 2.82 bits per heavy atom. The number of nitrogens with one attached hydrogen (secondary N) is 1. The highest BCUT2D eigenvalue weighted by atomic mass is 35.5. The molecule has 2 aliphatic heterocycles. The second kappa shape index (κ2) is 8.63. The number of β-lactam (4-membered cyclic amide) rings is 1. The van der Waals surface area contributed by atoms with Crippen molar-refractivity contribution >= 4 is 64.1 Å². The lowest BCUT2D eigenvalue weighted by Gasteiger charge is -2.49. The van der Waals surface area contributed by atoms with E-state index in [2.05, 4.69) is 26.9 Å². The summed E-state index contributed by atoms with van der Waals surface area (Å²) in [6.45, 7) is 3.58. The molecule has 0 aromatic carbocycles. The summed E-state index contributed by atoms with van der Waals surface area (Å²) in [4.78, 5) is 46.4. The van der Waals surface area contributed by atoms with Crippen molar-refractivity contribution in [2.24, 2.45) is 5.16 Å². The number of rotatable bonds is 6. The number of hydrogen-bond donors (Lipinski definition) is 3. The molecule has 0 radical (unpaired) electrons. The summed E-state index contributed by atoms with van der Waals surface area (Å²) in [7, 11) is 1.27. The van der Waals surface area contributed by atoms with Crippen LogP contribution in [0.15, 0.2) is 34.5 Å². The Balaban J connectivity index is 0.00000280. The zero-order chi connectivity index (χ0) is 19.7. The number of thioether (sulfide) groups is 1. The molecule has 1 saturated heterocycles. The van der Waals surface area contributed by atoms with Gasteiger partial charge in [-0.1, -0.05) is 17.8 Å². The summed E-state index contributed by atoms with van der Waals surface area (Å²) in [5.74, 6) is -2.04. The molecule has 28 heavy (non-hydrogen) atoms. The van der Waals surface area contributed by atoms with Crippen molar-refractivity contribution in [2.75, 3.05) is 18.6 Å². The van der Waals surface area contributed by atoms with Gasteiger partial charge in [0.05, 0.1) is 0 Å². The molecule has 1 fully saturated rings. The lowest BCUT2D eigenvalue weighted by molar-refractivity contribution is -0.150. The Hall–Kier alpha value is -2.57. The fraction of sp³-hybridized carbons (Fsp3) is 0.267. The highest BCUT2D eigenvalue weighted by molar-refractivity contribution is 8.00. The zero-order valence-electron chi connectivity index (χ0n) is 14.4. The van der Waals surface area contributed by atoms with Crippen molar-refractivity contribution in [1.82, 2.24) is 15.2 Å². The van der Waals surface area contributed by atoms with E-state index in [0.717, 1.165) is 16.2 Å². The fourth-order valence-electron chi connectivity index (χ4n) is 2.70. The first-order chi connectivity index (χ1) is 12.9. The fourth-order valence-corrected chi connectivity index (χ4v) is 4.59. The number of carbonyl (C=O) groups is 3. The third-order valence-electron chi connectivity index (χ3n) is 3.90. The first-order valence-electron chi connectivity index (χ1n) is 7.56. The minimum atomic E-state index is -1.21. The predicted octanol–water partition coefficient (Wildman–Crippen LogP) is 0.422. The van der Waals surface area contributed by atoms with Crippen molar-refractivity contribution in [3.63, 3.8) is 0 Å². The van der Waals surface area contributed by atoms with Crippen LogP contribution in [0.1, 0.15) is 5.69 Å². The number of aromatic nitrogens is 1. The van der Waals surface area contributed by atoms with Crippen LogP contribution >= 0.6 is 35.5 Å². The maximum atomic E-state index is 12.6. The highest BCUT2D eigenvalue weighted by Crippen LogP contribution is 2.40. The SMILES string of the molecule is C=CC1=C(C(=O)O)N2C(=O)C(NC(=O)/C(=N\OC)c3csc(N)n3)[C@H]2SC1.Cl. The molecule has 0 bridgehead atoms. The van der Waals surface area contributed by atoms with Crippen molar-refractivity contribution in [3.8, 4) is 0 Å². The van der Waals surface area contributed by atoms with Gasteiger partial charge in [0.15, 0.2) is 10.8 Å². The molecule has 1 unspecified atom stereocenters. The van der Waals surface area contributed by atoms with Crippen LogP contribution in [0.5, 0.6) is 0 Å². The standard InChI is InChI=1S/C15H15N5O5S2.ClH/c1-3-6-4-26-13-9(12(22)20(13)10(6)14(23)24)18-11(21)8(19-25-2)7-5-27-15(16)17-7;/h3,5,9,13H,1,4H2,2H3,(H2,16,17)(H,18,21)(H,23,24);1H/b19-8-;/t9?,13-;/m1./s1. The Labute approximate surface area is 173 Å². The van der Waals surface area contributed by atoms with E-state index >= 15 is 0 Å². The molecule has 1 aromatic heterocycles. The second-order valence-electron chi connectivity index (χ2n) is 5.44. The van der Waals surface area contributed by atoms with Gasteiger partial charge in [0, 0.05) is 11.1 Å². The van der Waals surface area contributed by atoms with Crippen molar-refractivity contribution < 1.29 is 24.3 Å². The molecule has 13 heteroatoms. The summed E-state index contributed by atoms with van der Waals surface area (Å²) in [6.07, 6.45) is 1.42. The van der Waals surface area contributed by atoms with Gasteiger partial charge < -0.3 is 21.0 Å². The van der Waals surface area contributed by atoms with Gasteiger partial charge >= 0.3 is 5.97 Å². The summed E-state index contributed by atoms with van der Waals surface area (Å²) >= 11 is 2.47. The minimum absolute atomic E-state index is 0. The van der Waals surface area contributed by atoms with Gasteiger partial charge in [-0.2, -0.15) is 0 Å². The Morgan fingerprint density at radius 1 is 1.57 bits per heavy atom. The van der Waals surface area contributed by atoms with E-state index in [1.807, 2.05) is 0 Å². The van der Waals surface area contributed by atoms with E-state index in [1.165, 1.54) is 24.9 Å². The molecule has 2 aliphatic rings. The van der Waals surface area contributed by atoms with Gasteiger partial charge in [-0.15, -0.1) is 35.5 Å². The molecule has 0 saturated carbocycles. The number of hydrogen-bond acceptors (Lipinski definition) is 9. The molecule has 2 atom stereocenters. The van der Waals surface area contributed by atoms with E-state index in [4.69, 9.17) is 5.73 Å². The lowest BCUT2D eigenvalue weighted by atomic mass is 10.0. The topological polar surface area (TPSA) is 147 Å². The summed E-state index contributed by atoms with van der Waals surface area (Å²) in [5.41, 5.74) is 6.02. The van der Waals surface area contributed by atoms with Crippen LogP contribution in [0.3, 0.4) is 0 Å². The molecule has 2 amide bonds. The summed E-state index contributed by atoms with van der Waals surface area (Å²) in [6, 6.07) is -0.888. The third kappa shape index (κ3) is 3.70. The first kappa shape index (κ1) is 21.7. The van der Waals surface area contributed by atoms with E-state index < -0.39 is 29.2 Å². The average Bonchev–Trinajstić information content (AvgIpc) is 3.08. The van der Waals surface area contributed by atoms with Gasteiger partial charge in [-0.3, -0.25) is 14.5 Å². The number of oxime groups is 1. The normalized spacial score (nSPS) is 21.2. The van der Waals surface area contributed by atoms with Crippen LogP contribution < -0.4 is 11.1 Å². The van der Waals surface area contributed by atoms with E-state index in [9.17, 15) is 19.5 Å². The molecule has 1 aromatic rings. The maximum absolute atomic E-state index is 12.6. The number of aliphatic carboxylic acids is 1. The van der Waals surface area contributed by atoms with Gasteiger partial charge in [-0.25, -0.2) is 9.78 Å². The van der Waals surface area contributed by atoms with Gasteiger partial charge in [0.2, 0.25) is 0 Å². The van der Waals surface area contributed by atoms with Crippen LogP contribution in [0.2, 0.25) is 0 Å². The summed E-state index contributed by atoms with van der Waals surface area (Å²) in [5, 5.41) is 16.9. The van der Waals surface area contributed by atoms with Gasteiger partial charge in [0.25, 0.3) is 11.8 Å². The average molecular weight is 446 g/mol. The molecule has 150 valence electrons. The Bertz CT molecular complexity index is 899. The van der Waals surface area contributed by atoms with Crippen molar-refractivity contribution in [2.45, 2.75) is 11.4 Å². The molecular formula is C15H16ClN5O5S2. The second-order valence-corrected chi connectivity index (χ2v) is 7.43. The van der Waals surface area contributed by atoms with E-state index in [0.29, 0.717) is 11.3 Å². The number of anilines is 1. The number of allylic oxidation sites excluding steroid dienone is 1. The quantitative estimate of drug-likeness (QED) is 0.324. The number of nitrogen functional groups attached to an aromatic ring is 1. The van der Waals surface area contributed by atoms with Gasteiger partial charge in [0.1, 0.15) is 29.9 Å². The number of carboxylic acid groups (broad SMARTS) is 1. The van der Waals surface area contributed by atoms with Crippen molar-refractivity contribution in [1.29, 1.82) is 0 Å². The number of nitrogens with zero attached hydrogens (tertiary/aromatic N) is 3. The van der Waals surface area contributed by atoms with Crippen molar-refractivity contribution in [3.05, 3.63) is 35.0 Å². The zero-order valence-corrected chi connectivity index (χ0v) is 16.9. The van der Waals surface area contributed by atoms with Crippen LogP contribution in [-0.2, 0) is 19.2 Å². The molecule has 3 heterocycles. The molecule has 0 spiro atoms. The smallest absolute Gasteiger partial charge is 0.352 e. The Morgan fingerprint density at radius 2 is 2.29 bits per heavy atom.